The number of carbonyl (C=O) groups excluding carboxylic acids is 2. The Morgan fingerprint density at radius 2 is 1.90 bits per heavy atom. The minimum absolute atomic E-state index is 0.0153. The SMILES string of the molecule is COCCNC(=O)[C@@H](C)OC(=O)c1ccc(NCc2ccccc2)c([N+](=O)[O-])c1. The number of nitrogens with one attached hydrogen (secondary N) is 2. The molecule has 9 nitrogen and oxygen atoms in total. The molecule has 0 fully saturated rings. The van der Waals surface area contributed by atoms with Crippen LogP contribution in [0.3, 0.4) is 0 Å². The van der Waals surface area contributed by atoms with Crippen LogP contribution in [0.1, 0.15) is 22.8 Å². The Morgan fingerprint density at radius 1 is 1.17 bits per heavy atom. The molecule has 2 aromatic carbocycles. The van der Waals surface area contributed by atoms with E-state index in [1.165, 1.54) is 26.2 Å². The van der Waals surface area contributed by atoms with Crippen molar-refractivity contribution in [1.29, 1.82) is 0 Å². The van der Waals surface area contributed by atoms with Crippen molar-refractivity contribution in [2.75, 3.05) is 25.6 Å². The molecule has 0 aliphatic heterocycles. The van der Waals surface area contributed by atoms with E-state index in [1.54, 1.807) is 0 Å². The Hall–Kier alpha value is -3.46. The van der Waals surface area contributed by atoms with Gasteiger partial charge in [0, 0.05) is 26.3 Å². The van der Waals surface area contributed by atoms with E-state index in [-0.39, 0.29) is 23.5 Å². The van der Waals surface area contributed by atoms with Gasteiger partial charge >= 0.3 is 5.97 Å². The van der Waals surface area contributed by atoms with Crippen LogP contribution in [-0.4, -0.2) is 43.2 Å². The number of anilines is 1. The summed E-state index contributed by atoms with van der Waals surface area (Å²) < 4.78 is 9.92. The van der Waals surface area contributed by atoms with Gasteiger partial charge in [-0.2, -0.15) is 0 Å². The molecule has 1 amide bonds. The highest BCUT2D eigenvalue weighted by Gasteiger charge is 2.22. The molecular formula is C20H23N3O6. The fourth-order valence-corrected chi connectivity index (χ4v) is 2.45. The lowest BCUT2D eigenvalue weighted by Crippen LogP contribution is -2.37. The van der Waals surface area contributed by atoms with Gasteiger partial charge in [0.05, 0.1) is 17.1 Å². The topological polar surface area (TPSA) is 120 Å². The van der Waals surface area contributed by atoms with E-state index in [4.69, 9.17) is 9.47 Å². The van der Waals surface area contributed by atoms with Gasteiger partial charge in [-0.15, -0.1) is 0 Å². The van der Waals surface area contributed by atoms with Crippen molar-refractivity contribution in [3.8, 4) is 0 Å². The van der Waals surface area contributed by atoms with Crippen LogP contribution < -0.4 is 10.6 Å². The van der Waals surface area contributed by atoms with Crippen LogP contribution in [0.2, 0.25) is 0 Å². The van der Waals surface area contributed by atoms with Crippen molar-refractivity contribution in [3.63, 3.8) is 0 Å². The number of ether oxygens (including phenoxy) is 2. The minimum atomic E-state index is -1.05. The number of hydrogen-bond acceptors (Lipinski definition) is 7. The van der Waals surface area contributed by atoms with Crippen molar-refractivity contribution in [2.45, 2.75) is 19.6 Å². The van der Waals surface area contributed by atoms with Gasteiger partial charge in [0.1, 0.15) is 5.69 Å². The van der Waals surface area contributed by atoms with Gasteiger partial charge in [0.25, 0.3) is 11.6 Å². The highest BCUT2D eigenvalue weighted by Crippen LogP contribution is 2.26. The van der Waals surface area contributed by atoms with E-state index in [1.807, 2.05) is 30.3 Å². The van der Waals surface area contributed by atoms with Crippen LogP contribution in [0.25, 0.3) is 0 Å². The number of methoxy groups -OCH3 is 1. The molecule has 29 heavy (non-hydrogen) atoms. The standard InChI is InChI=1S/C20H23N3O6/c1-14(19(24)21-10-11-28-2)29-20(25)16-8-9-17(18(12-16)23(26)27)22-13-15-6-4-3-5-7-15/h3-9,12,14,22H,10-11,13H2,1-2H3,(H,21,24)/t14-/m1/s1. The number of rotatable bonds is 10. The molecule has 0 aromatic heterocycles. The molecule has 0 bridgehead atoms. The Balaban J connectivity index is 2.05. The summed E-state index contributed by atoms with van der Waals surface area (Å²) in [5.74, 6) is -1.30. The van der Waals surface area contributed by atoms with Crippen LogP contribution in [0.5, 0.6) is 0 Å². The summed E-state index contributed by atoms with van der Waals surface area (Å²) in [6, 6.07) is 13.4. The maximum absolute atomic E-state index is 12.3. The van der Waals surface area contributed by atoms with Crippen molar-refractivity contribution >= 4 is 23.3 Å². The Labute approximate surface area is 168 Å². The Morgan fingerprint density at radius 3 is 2.55 bits per heavy atom. The van der Waals surface area contributed by atoms with Crippen LogP contribution in [0, 0.1) is 10.1 Å². The van der Waals surface area contributed by atoms with Crippen LogP contribution in [0.4, 0.5) is 11.4 Å². The predicted octanol–water partition coefficient (Wildman–Crippen LogP) is 2.51. The zero-order chi connectivity index (χ0) is 21.2. The lowest BCUT2D eigenvalue weighted by atomic mass is 10.1. The van der Waals surface area contributed by atoms with E-state index in [0.717, 1.165) is 11.6 Å². The van der Waals surface area contributed by atoms with Crippen LogP contribution >= 0.6 is 0 Å². The molecule has 154 valence electrons. The smallest absolute Gasteiger partial charge is 0.339 e. The fourth-order valence-electron chi connectivity index (χ4n) is 2.45. The number of carbonyl (C=O) groups is 2. The van der Waals surface area contributed by atoms with Crippen molar-refractivity contribution < 1.29 is 24.0 Å². The molecule has 0 unspecified atom stereocenters. The quantitative estimate of drug-likeness (QED) is 0.272. The number of nitrogens with zero attached hydrogens (tertiary/aromatic N) is 1. The predicted molar refractivity (Wildman–Crippen MR) is 107 cm³/mol. The van der Waals surface area contributed by atoms with Crippen molar-refractivity contribution in [2.24, 2.45) is 0 Å². The Bertz CT molecular complexity index is 857. The summed E-state index contributed by atoms with van der Waals surface area (Å²) >= 11 is 0. The second-order valence-corrected chi connectivity index (χ2v) is 6.16. The van der Waals surface area contributed by atoms with Gasteiger partial charge in [0.2, 0.25) is 0 Å². The van der Waals surface area contributed by atoms with Crippen LogP contribution in [0.15, 0.2) is 48.5 Å². The summed E-state index contributed by atoms with van der Waals surface area (Å²) in [4.78, 5) is 35.0. The molecule has 0 spiro atoms. The van der Waals surface area contributed by atoms with Gasteiger partial charge in [0.15, 0.2) is 6.10 Å². The third-order valence-corrected chi connectivity index (χ3v) is 4.01. The van der Waals surface area contributed by atoms with Gasteiger partial charge < -0.3 is 20.1 Å². The minimum Gasteiger partial charge on any atom is -0.449 e. The zero-order valence-electron chi connectivity index (χ0n) is 16.2. The maximum Gasteiger partial charge on any atom is 0.339 e. The van der Waals surface area contributed by atoms with Crippen LogP contribution in [-0.2, 0) is 20.8 Å². The van der Waals surface area contributed by atoms with Crippen molar-refractivity contribution in [3.05, 3.63) is 69.8 Å². The van der Waals surface area contributed by atoms with E-state index in [9.17, 15) is 19.7 Å². The monoisotopic (exact) mass is 401 g/mol. The summed E-state index contributed by atoms with van der Waals surface area (Å²) in [6.07, 6.45) is -1.05. The summed E-state index contributed by atoms with van der Waals surface area (Å²) in [5, 5.41) is 17.0. The number of amides is 1. The first-order valence-electron chi connectivity index (χ1n) is 8.96. The average molecular weight is 401 g/mol. The molecule has 0 aliphatic rings. The molecule has 1 atom stereocenters. The van der Waals surface area contributed by atoms with Gasteiger partial charge in [-0.05, 0) is 24.6 Å². The normalized spacial score (nSPS) is 11.4. The van der Waals surface area contributed by atoms with E-state index in [2.05, 4.69) is 10.6 Å². The molecule has 0 saturated carbocycles. The third-order valence-electron chi connectivity index (χ3n) is 4.01. The molecule has 0 aliphatic carbocycles. The van der Waals surface area contributed by atoms with E-state index in [0.29, 0.717) is 13.2 Å². The van der Waals surface area contributed by atoms with Gasteiger partial charge in [-0.3, -0.25) is 14.9 Å². The van der Waals surface area contributed by atoms with E-state index >= 15 is 0 Å². The lowest BCUT2D eigenvalue weighted by molar-refractivity contribution is -0.384. The third kappa shape index (κ3) is 6.58. The number of esters is 1. The highest BCUT2D eigenvalue weighted by molar-refractivity contribution is 5.93. The fraction of sp³-hybridized carbons (Fsp3) is 0.300. The second-order valence-electron chi connectivity index (χ2n) is 6.16. The molecule has 2 rings (SSSR count). The second kappa shape index (κ2) is 10.8. The van der Waals surface area contributed by atoms with Crippen molar-refractivity contribution in [1.82, 2.24) is 5.32 Å². The Kier molecular flexibility index (Phi) is 8.11. The first kappa shape index (κ1) is 21.8. The first-order valence-corrected chi connectivity index (χ1v) is 8.96. The zero-order valence-corrected chi connectivity index (χ0v) is 16.2. The number of hydrogen-bond donors (Lipinski definition) is 2. The molecule has 2 aromatic rings. The maximum atomic E-state index is 12.3. The lowest BCUT2D eigenvalue weighted by Gasteiger charge is -2.14. The molecule has 9 heteroatoms. The molecule has 0 heterocycles. The number of benzene rings is 2. The molecule has 0 saturated heterocycles. The largest absolute Gasteiger partial charge is 0.449 e. The molecule has 0 radical (unpaired) electrons. The molecule has 2 N–H and O–H groups in total. The summed E-state index contributed by atoms with van der Waals surface area (Å²) in [6.45, 7) is 2.43. The summed E-state index contributed by atoms with van der Waals surface area (Å²) in [5.41, 5.74) is 0.963. The highest BCUT2D eigenvalue weighted by atomic mass is 16.6. The molecular weight excluding hydrogens is 378 g/mol. The summed E-state index contributed by atoms with van der Waals surface area (Å²) in [7, 11) is 1.50. The number of nitro groups is 1. The average Bonchev–Trinajstić information content (AvgIpc) is 2.72. The van der Waals surface area contributed by atoms with Gasteiger partial charge in [-0.25, -0.2) is 4.79 Å². The van der Waals surface area contributed by atoms with Gasteiger partial charge in [-0.1, -0.05) is 30.3 Å². The number of nitro benzene ring substituents is 1. The first-order chi connectivity index (χ1) is 13.9. The van der Waals surface area contributed by atoms with E-state index < -0.39 is 22.9 Å².